The number of carbonyl (C=O) groups excluding carboxylic acids is 1. The van der Waals surface area contributed by atoms with Crippen LogP contribution in [0.25, 0.3) is 10.9 Å². The molecule has 9 heteroatoms. The maximum Gasteiger partial charge on any atom is 0.416 e. The van der Waals surface area contributed by atoms with Crippen LogP contribution in [0.2, 0.25) is 0 Å². The fourth-order valence-corrected chi connectivity index (χ4v) is 3.33. The number of fused-ring (bicyclic) bond motifs is 1. The van der Waals surface area contributed by atoms with Gasteiger partial charge in [0.2, 0.25) is 0 Å². The quantitative estimate of drug-likeness (QED) is 0.370. The molecule has 29 heavy (non-hydrogen) atoms. The number of nitrogens with one attached hydrogen (secondary N) is 1. The Hall–Kier alpha value is -3.36. The molecule has 3 rings (SSSR count). The third kappa shape index (κ3) is 4.08. The van der Waals surface area contributed by atoms with E-state index in [9.17, 15) is 28.1 Å². The Labute approximate surface area is 163 Å². The molecule has 3 aromatic rings. The summed E-state index contributed by atoms with van der Waals surface area (Å²) < 4.78 is 43.7. The molecule has 0 radical (unpaired) electrons. The third-order valence-electron chi connectivity index (χ3n) is 4.62. The van der Waals surface area contributed by atoms with Crippen LogP contribution < -0.4 is 0 Å². The van der Waals surface area contributed by atoms with Crippen LogP contribution >= 0.6 is 0 Å². The summed E-state index contributed by atoms with van der Waals surface area (Å²) in [7, 11) is 0. The number of rotatable bonds is 6. The smallest absolute Gasteiger partial charge is 0.416 e. The Morgan fingerprint density at radius 3 is 2.41 bits per heavy atom. The number of H-pyrrole nitrogens is 1. The highest BCUT2D eigenvalue weighted by atomic mass is 19.4. The second-order valence-electron chi connectivity index (χ2n) is 6.37. The van der Waals surface area contributed by atoms with Crippen LogP contribution in [0.15, 0.2) is 54.7 Å². The van der Waals surface area contributed by atoms with Crippen LogP contribution in [0.3, 0.4) is 0 Å². The molecule has 0 spiro atoms. The molecular formula is C20H17F3N2O4. The van der Waals surface area contributed by atoms with Gasteiger partial charge in [0, 0.05) is 22.0 Å². The fraction of sp³-hybridized carbons (Fsp3) is 0.250. The summed E-state index contributed by atoms with van der Waals surface area (Å²) >= 11 is 0. The molecule has 0 amide bonds. The summed E-state index contributed by atoms with van der Waals surface area (Å²) in [5, 5.41) is 12.4. The van der Waals surface area contributed by atoms with Crippen LogP contribution in [-0.4, -0.2) is 28.5 Å². The molecule has 0 aliphatic rings. The maximum absolute atomic E-state index is 12.9. The number of nitro groups is 1. The monoisotopic (exact) mass is 406 g/mol. The lowest BCUT2D eigenvalue weighted by Crippen LogP contribution is -2.37. The van der Waals surface area contributed by atoms with E-state index >= 15 is 0 Å². The summed E-state index contributed by atoms with van der Waals surface area (Å²) in [5.41, 5.74) is 0.436. The summed E-state index contributed by atoms with van der Waals surface area (Å²) in [5.74, 6) is -2.19. The number of ether oxygens (including phenoxy) is 1. The predicted molar refractivity (Wildman–Crippen MR) is 99.0 cm³/mol. The van der Waals surface area contributed by atoms with Crippen LogP contribution in [-0.2, 0) is 15.7 Å². The minimum Gasteiger partial charge on any atom is -0.461 e. The highest BCUT2D eigenvalue weighted by molar-refractivity contribution is 5.86. The number of nitrogens with zero attached hydrogens (tertiary/aromatic N) is 1. The van der Waals surface area contributed by atoms with Gasteiger partial charge in [-0.25, -0.2) is 4.79 Å². The molecular weight excluding hydrogens is 389 g/mol. The number of para-hydroxylation sites is 1. The second kappa shape index (κ2) is 7.94. The van der Waals surface area contributed by atoms with Crippen LogP contribution in [0.1, 0.15) is 29.5 Å². The van der Waals surface area contributed by atoms with Gasteiger partial charge in [0.05, 0.1) is 18.1 Å². The van der Waals surface area contributed by atoms with Gasteiger partial charge in [0.15, 0.2) is 0 Å². The molecule has 0 aliphatic heterocycles. The van der Waals surface area contributed by atoms with Crippen LogP contribution in [0, 0.1) is 10.1 Å². The van der Waals surface area contributed by atoms with Crippen molar-refractivity contribution in [3.05, 3.63) is 81.5 Å². The van der Waals surface area contributed by atoms with Crippen LogP contribution in [0.5, 0.6) is 0 Å². The first kappa shape index (κ1) is 20.4. The average molecular weight is 406 g/mol. The van der Waals surface area contributed by atoms with Crippen molar-refractivity contribution in [2.75, 3.05) is 6.61 Å². The first-order valence-corrected chi connectivity index (χ1v) is 8.77. The number of esters is 1. The second-order valence-corrected chi connectivity index (χ2v) is 6.37. The molecule has 1 N–H and O–H groups in total. The van der Waals surface area contributed by atoms with Gasteiger partial charge in [-0.1, -0.05) is 30.3 Å². The maximum atomic E-state index is 12.9. The molecule has 1 aromatic heterocycles. The van der Waals surface area contributed by atoms with Gasteiger partial charge in [-0.2, -0.15) is 13.2 Å². The zero-order valence-electron chi connectivity index (χ0n) is 15.3. The van der Waals surface area contributed by atoms with Crippen molar-refractivity contribution < 1.29 is 27.6 Å². The number of carbonyl (C=O) groups is 1. The molecule has 6 nitrogen and oxygen atoms in total. The van der Waals surface area contributed by atoms with Gasteiger partial charge >= 0.3 is 18.2 Å². The van der Waals surface area contributed by atoms with Crippen LogP contribution in [0.4, 0.5) is 13.2 Å². The highest BCUT2D eigenvalue weighted by Gasteiger charge is 2.43. The number of benzene rings is 2. The third-order valence-corrected chi connectivity index (χ3v) is 4.62. The molecule has 1 unspecified atom stereocenters. The van der Waals surface area contributed by atoms with E-state index in [4.69, 9.17) is 4.74 Å². The van der Waals surface area contributed by atoms with Gasteiger partial charge in [0.1, 0.15) is 0 Å². The lowest BCUT2D eigenvalue weighted by molar-refractivity contribution is -0.513. The molecule has 1 heterocycles. The Bertz CT molecular complexity index is 1030. The molecule has 0 saturated carbocycles. The normalized spacial score (nSPS) is 13.8. The fourth-order valence-electron chi connectivity index (χ4n) is 3.33. The van der Waals surface area contributed by atoms with Crippen molar-refractivity contribution in [2.24, 2.45) is 0 Å². The predicted octanol–water partition coefficient (Wildman–Crippen LogP) is 4.53. The molecule has 0 aliphatic carbocycles. The Kier molecular flexibility index (Phi) is 5.58. The molecule has 2 aromatic carbocycles. The Morgan fingerprint density at radius 1 is 1.17 bits per heavy atom. The van der Waals surface area contributed by atoms with Crippen molar-refractivity contribution in [3.63, 3.8) is 0 Å². The number of aromatic nitrogens is 1. The number of aromatic amines is 1. The largest absolute Gasteiger partial charge is 0.461 e. The minimum absolute atomic E-state index is 0.0587. The summed E-state index contributed by atoms with van der Waals surface area (Å²) in [6, 6.07) is 9.18. The van der Waals surface area contributed by atoms with Crippen molar-refractivity contribution in [1.82, 2.24) is 4.98 Å². The topological polar surface area (TPSA) is 85.2 Å². The van der Waals surface area contributed by atoms with Crippen molar-refractivity contribution in [3.8, 4) is 0 Å². The number of hydrogen-bond donors (Lipinski definition) is 1. The molecule has 0 bridgehead atoms. The Morgan fingerprint density at radius 2 is 1.83 bits per heavy atom. The molecule has 2 atom stereocenters. The highest BCUT2D eigenvalue weighted by Crippen LogP contribution is 2.37. The standard InChI is InChI=1S/C20H17F3N2O4/c1-2-29-19(26)18(25(27)28)17(12-7-9-13(10-8-12)20(21,22)23)15-11-24-16-6-4-3-5-14(15)16/h3-11,17-18,24H,2H2,1H3/t17-,18?/m0/s1. The van der Waals surface area contributed by atoms with E-state index in [0.717, 1.165) is 24.3 Å². The van der Waals surface area contributed by atoms with Crippen molar-refractivity contribution in [2.45, 2.75) is 25.1 Å². The van der Waals surface area contributed by atoms with Gasteiger partial charge < -0.3 is 9.72 Å². The zero-order valence-corrected chi connectivity index (χ0v) is 15.3. The van der Waals surface area contributed by atoms with Crippen molar-refractivity contribution in [1.29, 1.82) is 0 Å². The summed E-state index contributed by atoms with van der Waals surface area (Å²) in [4.78, 5) is 26.4. The number of halogens is 3. The minimum atomic E-state index is -4.54. The van der Waals surface area contributed by atoms with Crippen molar-refractivity contribution >= 4 is 16.9 Å². The van der Waals surface area contributed by atoms with E-state index in [1.807, 2.05) is 0 Å². The molecule has 0 saturated heterocycles. The van der Waals surface area contributed by atoms with E-state index in [-0.39, 0.29) is 12.2 Å². The van der Waals surface area contributed by atoms with Gasteiger partial charge in [0.25, 0.3) is 0 Å². The number of alkyl halides is 3. The van der Waals surface area contributed by atoms with E-state index in [1.165, 1.54) is 13.1 Å². The van der Waals surface area contributed by atoms with E-state index in [0.29, 0.717) is 16.5 Å². The van der Waals surface area contributed by atoms with Gasteiger partial charge in [-0.05, 0) is 36.2 Å². The number of hydrogen-bond acceptors (Lipinski definition) is 4. The van der Waals surface area contributed by atoms with E-state index in [1.54, 1.807) is 24.3 Å². The Balaban J connectivity index is 2.18. The first-order chi connectivity index (χ1) is 13.7. The molecule has 0 fully saturated rings. The van der Waals surface area contributed by atoms with Gasteiger partial charge in [-0.15, -0.1) is 0 Å². The van der Waals surface area contributed by atoms with E-state index in [2.05, 4.69) is 4.98 Å². The summed E-state index contributed by atoms with van der Waals surface area (Å²) in [6.45, 7) is 1.46. The van der Waals surface area contributed by atoms with E-state index < -0.39 is 34.6 Å². The average Bonchev–Trinajstić information content (AvgIpc) is 3.09. The lowest BCUT2D eigenvalue weighted by atomic mass is 9.84. The lowest BCUT2D eigenvalue weighted by Gasteiger charge is -2.20. The SMILES string of the molecule is CCOC(=O)C([C@@H](c1ccc(C(F)(F)F)cc1)c1c[nH]c2ccccc12)[N+](=O)[O-]. The molecule has 152 valence electrons. The first-order valence-electron chi connectivity index (χ1n) is 8.77. The summed E-state index contributed by atoms with van der Waals surface area (Å²) in [6.07, 6.45) is -3.01. The zero-order chi connectivity index (χ0) is 21.2. The van der Waals surface area contributed by atoms with Gasteiger partial charge in [-0.3, -0.25) is 10.1 Å².